The van der Waals surface area contributed by atoms with Crippen molar-refractivity contribution in [2.75, 3.05) is 6.61 Å². The number of allylic oxidation sites excluding steroid dienone is 1. The fourth-order valence-corrected chi connectivity index (χ4v) is 8.32. The van der Waals surface area contributed by atoms with Gasteiger partial charge >= 0.3 is 0 Å². The van der Waals surface area contributed by atoms with Gasteiger partial charge in [0.15, 0.2) is 5.78 Å². The molecule has 0 aliphatic heterocycles. The molecule has 0 amide bonds. The fraction of sp³-hybridized carbons (Fsp3) is 0.773. The van der Waals surface area contributed by atoms with Crippen LogP contribution in [0.25, 0.3) is 0 Å². The van der Waals surface area contributed by atoms with Crippen LogP contribution in [0.3, 0.4) is 0 Å². The molecule has 2 N–H and O–H groups in total. The van der Waals surface area contributed by atoms with Crippen molar-refractivity contribution in [2.45, 2.75) is 68.7 Å². The molecular formula is C22H27BrF2O5. The number of aliphatic hydroxyl groups excluding tert-OH is 1. The number of rotatable bonds is 2. The average molecular weight is 489 g/mol. The van der Waals surface area contributed by atoms with Gasteiger partial charge in [-0.3, -0.25) is 14.4 Å². The Morgan fingerprint density at radius 2 is 1.90 bits per heavy atom. The van der Waals surface area contributed by atoms with Gasteiger partial charge in [-0.15, -0.1) is 0 Å². The van der Waals surface area contributed by atoms with Crippen molar-refractivity contribution < 1.29 is 33.4 Å². The largest absolute Gasteiger partial charge is 0.388 e. The number of ketones is 3. The molecule has 166 valence electrons. The van der Waals surface area contributed by atoms with Crippen molar-refractivity contribution in [1.29, 1.82) is 0 Å². The predicted octanol–water partition coefficient (Wildman–Crippen LogP) is 2.65. The Morgan fingerprint density at radius 3 is 2.50 bits per heavy atom. The van der Waals surface area contributed by atoms with Gasteiger partial charge in [0, 0.05) is 22.7 Å². The number of hydrogen-bond acceptors (Lipinski definition) is 5. The lowest BCUT2D eigenvalue weighted by molar-refractivity contribution is -0.193. The van der Waals surface area contributed by atoms with Crippen LogP contribution in [0.1, 0.15) is 46.5 Å². The monoisotopic (exact) mass is 488 g/mol. The maximum atomic E-state index is 17.1. The third kappa shape index (κ3) is 2.26. The topological polar surface area (TPSA) is 91.7 Å². The zero-order valence-corrected chi connectivity index (χ0v) is 18.8. The third-order valence-electron chi connectivity index (χ3n) is 9.33. The van der Waals surface area contributed by atoms with Gasteiger partial charge < -0.3 is 10.2 Å². The van der Waals surface area contributed by atoms with Crippen LogP contribution in [-0.2, 0) is 14.4 Å². The number of fused-ring (bicyclic) bond motifs is 5. The van der Waals surface area contributed by atoms with Gasteiger partial charge in [-0.25, -0.2) is 8.78 Å². The number of hydrogen-bond donors (Lipinski definition) is 2. The first kappa shape index (κ1) is 22.2. The summed E-state index contributed by atoms with van der Waals surface area (Å²) < 4.78 is 32.8. The van der Waals surface area contributed by atoms with Crippen molar-refractivity contribution in [3.05, 3.63) is 11.6 Å². The molecule has 3 saturated carbocycles. The molecule has 0 heterocycles. The highest BCUT2D eigenvalue weighted by Crippen LogP contribution is 2.72. The van der Waals surface area contributed by atoms with E-state index >= 15 is 8.78 Å². The van der Waals surface area contributed by atoms with E-state index in [2.05, 4.69) is 15.9 Å². The summed E-state index contributed by atoms with van der Waals surface area (Å²) in [5, 5.41) is 20.6. The molecule has 0 aromatic rings. The molecule has 0 radical (unpaired) electrons. The lowest BCUT2D eigenvalue weighted by Crippen LogP contribution is -2.70. The van der Waals surface area contributed by atoms with Crippen molar-refractivity contribution in [3.8, 4) is 0 Å². The molecule has 0 bridgehead atoms. The first-order valence-electron chi connectivity index (χ1n) is 10.4. The minimum Gasteiger partial charge on any atom is -0.388 e. The van der Waals surface area contributed by atoms with E-state index in [1.807, 2.05) is 0 Å². The molecule has 8 heteroatoms. The van der Waals surface area contributed by atoms with Crippen LogP contribution in [0.15, 0.2) is 11.6 Å². The van der Waals surface area contributed by atoms with Crippen molar-refractivity contribution in [2.24, 2.45) is 28.6 Å². The zero-order valence-electron chi connectivity index (χ0n) is 17.3. The standard InChI is InChI=1S/C22H27BrF2O5/c1-10-18(29)13(27)8-12-17(24)16(23)15-11-4-5-22(30,14(28)9-26)19(11,2)6-7-21(15,25)20(10,12)3/h8,10-11,15-17,26,30H,4-7,9H2,1-3H3/t10?,11-,15+,16?,17?,19-,20-,21+,22-/m0/s1. The van der Waals surface area contributed by atoms with Gasteiger partial charge in [0.05, 0.1) is 4.83 Å². The maximum absolute atomic E-state index is 17.1. The van der Waals surface area contributed by atoms with Crippen LogP contribution in [-0.4, -0.2) is 56.4 Å². The highest BCUT2D eigenvalue weighted by atomic mass is 79.9. The van der Waals surface area contributed by atoms with E-state index in [0.29, 0.717) is 6.42 Å². The number of aliphatic hydroxyl groups is 2. The molecule has 0 spiro atoms. The Balaban J connectivity index is 1.88. The van der Waals surface area contributed by atoms with Crippen molar-refractivity contribution in [3.63, 3.8) is 0 Å². The molecule has 0 aromatic heterocycles. The van der Waals surface area contributed by atoms with Crippen LogP contribution in [0.5, 0.6) is 0 Å². The van der Waals surface area contributed by atoms with Gasteiger partial charge in [0.1, 0.15) is 24.0 Å². The van der Waals surface area contributed by atoms with E-state index in [0.717, 1.165) is 6.08 Å². The minimum atomic E-state index is -2.00. The number of Topliss-reactive ketones (excluding diaryl/α,β-unsaturated/α-hetero) is 2. The van der Waals surface area contributed by atoms with E-state index in [1.165, 1.54) is 13.8 Å². The lowest BCUT2D eigenvalue weighted by atomic mass is 9.42. The maximum Gasteiger partial charge on any atom is 0.221 e. The van der Waals surface area contributed by atoms with Crippen molar-refractivity contribution >= 4 is 33.3 Å². The van der Waals surface area contributed by atoms with Crippen molar-refractivity contribution in [1.82, 2.24) is 0 Å². The Labute approximate surface area is 182 Å². The van der Waals surface area contributed by atoms with E-state index in [-0.39, 0.29) is 24.8 Å². The van der Waals surface area contributed by atoms with Crippen LogP contribution < -0.4 is 0 Å². The summed E-state index contributed by atoms with van der Waals surface area (Å²) in [6.07, 6.45) is -0.245. The second-order valence-corrected chi connectivity index (χ2v) is 11.0. The quantitative estimate of drug-likeness (QED) is 0.460. The fourth-order valence-electron chi connectivity index (χ4n) is 7.25. The Morgan fingerprint density at radius 1 is 1.27 bits per heavy atom. The molecule has 0 saturated heterocycles. The molecule has 30 heavy (non-hydrogen) atoms. The first-order valence-corrected chi connectivity index (χ1v) is 11.4. The van der Waals surface area contributed by atoms with E-state index in [9.17, 15) is 24.6 Å². The Hall–Kier alpha value is -0.990. The summed E-state index contributed by atoms with van der Waals surface area (Å²) in [5.41, 5.74) is -6.29. The Kier molecular flexibility index (Phi) is 4.82. The van der Waals surface area contributed by atoms with Gasteiger partial charge in [-0.1, -0.05) is 36.7 Å². The lowest BCUT2D eigenvalue weighted by Gasteiger charge is -2.64. The number of carbonyl (C=O) groups is 3. The summed E-state index contributed by atoms with van der Waals surface area (Å²) in [6.45, 7) is 3.93. The predicted molar refractivity (Wildman–Crippen MR) is 107 cm³/mol. The molecule has 4 aliphatic carbocycles. The van der Waals surface area contributed by atoms with E-state index in [4.69, 9.17) is 0 Å². The second-order valence-electron chi connectivity index (χ2n) is 9.99. The number of carbonyl (C=O) groups excluding carboxylic acids is 3. The molecule has 0 aromatic carbocycles. The highest BCUT2D eigenvalue weighted by molar-refractivity contribution is 9.09. The normalized spacial score (nSPS) is 52.9. The summed E-state index contributed by atoms with van der Waals surface area (Å²) in [6, 6.07) is 0. The molecule has 5 nitrogen and oxygen atoms in total. The zero-order chi connectivity index (χ0) is 22.4. The molecule has 9 atom stereocenters. The first-order chi connectivity index (χ1) is 13.8. The number of alkyl halides is 3. The number of halogens is 3. The summed E-state index contributed by atoms with van der Waals surface area (Å²) in [4.78, 5) is 36.1. The molecular weight excluding hydrogens is 462 g/mol. The molecule has 3 fully saturated rings. The van der Waals surface area contributed by atoms with E-state index in [1.54, 1.807) is 6.92 Å². The Bertz CT molecular complexity index is 876. The highest BCUT2D eigenvalue weighted by Gasteiger charge is 2.76. The summed E-state index contributed by atoms with van der Waals surface area (Å²) >= 11 is 3.36. The van der Waals surface area contributed by atoms with Crippen LogP contribution >= 0.6 is 15.9 Å². The molecule has 4 aliphatic rings. The van der Waals surface area contributed by atoms with Gasteiger partial charge in [0.2, 0.25) is 11.6 Å². The van der Waals surface area contributed by atoms with Crippen LogP contribution in [0, 0.1) is 28.6 Å². The second kappa shape index (κ2) is 6.51. The van der Waals surface area contributed by atoms with Gasteiger partial charge in [-0.05, 0) is 43.3 Å². The third-order valence-corrected chi connectivity index (χ3v) is 10.4. The van der Waals surface area contributed by atoms with Crippen LogP contribution in [0.4, 0.5) is 8.78 Å². The average Bonchev–Trinajstić information content (AvgIpc) is 2.98. The van der Waals surface area contributed by atoms with E-state index < -0.39 is 74.8 Å². The molecule has 3 unspecified atom stereocenters. The SMILES string of the molecule is CC1C(=O)C(=O)C=C2C(F)C(Br)[C@H]3[C@@H]4CC[C@](O)(C(=O)CO)[C@@]4(C)CC[C@]3(F)[C@]21C. The van der Waals surface area contributed by atoms with Crippen LogP contribution in [0.2, 0.25) is 0 Å². The van der Waals surface area contributed by atoms with Gasteiger partial charge in [0.25, 0.3) is 0 Å². The van der Waals surface area contributed by atoms with Gasteiger partial charge in [-0.2, -0.15) is 0 Å². The smallest absolute Gasteiger partial charge is 0.221 e. The summed E-state index contributed by atoms with van der Waals surface area (Å²) in [7, 11) is 0. The summed E-state index contributed by atoms with van der Waals surface area (Å²) in [5.74, 6) is -4.67. The molecule has 4 rings (SSSR count). The minimum absolute atomic E-state index is 0.0171.